The summed E-state index contributed by atoms with van der Waals surface area (Å²) in [6.45, 7) is 5.87. The lowest BCUT2D eigenvalue weighted by atomic mass is 9.96. The molecule has 1 N–H and O–H groups in total. The molecule has 1 heterocycles. The minimum absolute atomic E-state index is 0.303. The molecule has 1 aliphatic carbocycles. The molecule has 1 atom stereocenters. The molecule has 0 aromatic heterocycles. The largest absolute Gasteiger partial charge is 0.395 e. The van der Waals surface area contributed by atoms with E-state index >= 15 is 0 Å². The third-order valence-corrected chi connectivity index (χ3v) is 4.80. The van der Waals surface area contributed by atoms with Gasteiger partial charge in [0.1, 0.15) is 0 Å². The van der Waals surface area contributed by atoms with Gasteiger partial charge < -0.3 is 5.11 Å². The van der Waals surface area contributed by atoms with Crippen LogP contribution in [0.1, 0.15) is 31.2 Å². The topological polar surface area (TPSA) is 26.7 Å². The van der Waals surface area contributed by atoms with Gasteiger partial charge in [0.25, 0.3) is 0 Å². The van der Waals surface area contributed by atoms with E-state index in [2.05, 4.69) is 40.1 Å². The van der Waals surface area contributed by atoms with Crippen LogP contribution in [0.2, 0.25) is 0 Å². The molecule has 0 bridgehead atoms. The second-order valence-corrected chi connectivity index (χ2v) is 6.68. The van der Waals surface area contributed by atoms with Crippen molar-refractivity contribution in [2.75, 3.05) is 32.8 Å². The minimum atomic E-state index is 0.303. The Morgan fingerprint density at radius 3 is 2.67 bits per heavy atom. The fraction of sp³-hybridized carbons (Fsp3) is 0.667. The van der Waals surface area contributed by atoms with Crippen molar-refractivity contribution in [1.82, 2.24) is 9.80 Å². The first-order valence-electron chi connectivity index (χ1n) is 8.46. The van der Waals surface area contributed by atoms with Gasteiger partial charge in [-0.15, -0.1) is 0 Å². The lowest BCUT2D eigenvalue weighted by Gasteiger charge is -2.35. The van der Waals surface area contributed by atoms with E-state index in [0.717, 1.165) is 25.0 Å². The van der Waals surface area contributed by atoms with Crippen LogP contribution in [0.5, 0.6) is 0 Å². The second kappa shape index (κ2) is 7.39. The first-order valence-corrected chi connectivity index (χ1v) is 8.46. The number of piperidine rings is 1. The first kappa shape index (κ1) is 15.0. The summed E-state index contributed by atoms with van der Waals surface area (Å²) in [6, 6.07) is 11.6. The molecule has 1 aromatic carbocycles. The zero-order valence-corrected chi connectivity index (χ0v) is 13.0. The summed E-state index contributed by atoms with van der Waals surface area (Å²) in [5, 5.41) is 9.24. The van der Waals surface area contributed by atoms with E-state index in [4.69, 9.17) is 0 Å². The van der Waals surface area contributed by atoms with Gasteiger partial charge in [0.05, 0.1) is 6.61 Å². The quantitative estimate of drug-likeness (QED) is 0.834. The number of hydrogen-bond acceptors (Lipinski definition) is 3. The van der Waals surface area contributed by atoms with Gasteiger partial charge in [-0.25, -0.2) is 0 Å². The molecule has 0 radical (unpaired) electrons. The Labute approximate surface area is 128 Å². The smallest absolute Gasteiger partial charge is 0.0558 e. The van der Waals surface area contributed by atoms with Crippen LogP contribution in [0.3, 0.4) is 0 Å². The highest BCUT2D eigenvalue weighted by Gasteiger charge is 2.31. The third kappa shape index (κ3) is 4.53. The van der Waals surface area contributed by atoms with Crippen LogP contribution in [-0.2, 0) is 6.54 Å². The molecule has 3 nitrogen and oxygen atoms in total. The maximum absolute atomic E-state index is 9.24. The lowest BCUT2D eigenvalue weighted by Crippen LogP contribution is -2.42. The van der Waals surface area contributed by atoms with Crippen LogP contribution in [0, 0.1) is 5.92 Å². The van der Waals surface area contributed by atoms with Gasteiger partial charge >= 0.3 is 0 Å². The summed E-state index contributed by atoms with van der Waals surface area (Å²) in [5.74, 6) is 0.773. The minimum Gasteiger partial charge on any atom is -0.395 e. The Morgan fingerprint density at radius 2 is 1.95 bits per heavy atom. The van der Waals surface area contributed by atoms with Gasteiger partial charge in [-0.1, -0.05) is 30.3 Å². The van der Waals surface area contributed by atoms with E-state index in [9.17, 15) is 5.11 Å². The lowest BCUT2D eigenvalue weighted by molar-refractivity contribution is 0.111. The van der Waals surface area contributed by atoms with E-state index in [1.807, 2.05) is 0 Å². The zero-order valence-electron chi connectivity index (χ0n) is 13.0. The number of aliphatic hydroxyl groups is 1. The zero-order chi connectivity index (χ0) is 14.5. The van der Waals surface area contributed by atoms with Gasteiger partial charge in [-0.05, 0) is 43.7 Å². The van der Waals surface area contributed by atoms with Crippen molar-refractivity contribution in [3.8, 4) is 0 Å². The fourth-order valence-corrected chi connectivity index (χ4v) is 3.61. The van der Waals surface area contributed by atoms with Crippen LogP contribution in [0.4, 0.5) is 0 Å². The highest BCUT2D eigenvalue weighted by Crippen LogP contribution is 2.29. The van der Waals surface area contributed by atoms with Gasteiger partial charge in [0, 0.05) is 32.2 Å². The Morgan fingerprint density at radius 1 is 1.14 bits per heavy atom. The second-order valence-electron chi connectivity index (χ2n) is 6.68. The molecule has 0 unspecified atom stereocenters. The van der Waals surface area contributed by atoms with Crippen molar-refractivity contribution < 1.29 is 5.11 Å². The molecule has 3 rings (SSSR count). The molecule has 1 aromatic rings. The van der Waals surface area contributed by atoms with Gasteiger partial charge in [-0.2, -0.15) is 0 Å². The van der Waals surface area contributed by atoms with Crippen molar-refractivity contribution in [2.24, 2.45) is 5.92 Å². The molecule has 0 spiro atoms. The van der Waals surface area contributed by atoms with E-state index in [0.29, 0.717) is 6.61 Å². The monoisotopic (exact) mass is 288 g/mol. The summed E-state index contributed by atoms with van der Waals surface area (Å²) < 4.78 is 0. The Hall–Kier alpha value is -0.900. The van der Waals surface area contributed by atoms with Crippen molar-refractivity contribution >= 4 is 0 Å². The van der Waals surface area contributed by atoms with Gasteiger partial charge in [-0.3, -0.25) is 9.80 Å². The number of rotatable bonds is 7. The SMILES string of the molecule is OCCN(C[C@@H]1CCCN(Cc2ccccc2)C1)C1CC1. The Balaban J connectivity index is 1.50. The van der Waals surface area contributed by atoms with Crippen molar-refractivity contribution in [1.29, 1.82) is 0 Å². The molecule has 1 saturated carbocycles. The van der Waals surface area contributed by atoms with E-state index in [1.54, 1.807) is 0 Å². The van der Waals surface area contributed by atoms with Gasteiger partial charge in [0.15, 0.2) is 0 Å². The van der Waals surface area contributed by atoms with Crippen molar-refractivity contribution in [2.45, 2.75) is 38.3 Å². The molecule has 1 aliphatic heterocycles. The summed E-state index contributed by atoms with van der Waals surface area (Å²) >= 11 is 0. The van der Waals surface area contributed by atoms with Crippen molar-refractivity contribution in [3.63, 3.8) is 0 Å². The highest BCUT2D eigenvalue weighted by atomic mass is 16.3. The Bertz CT molecular complexity index is 418. The maximum atomic E-state index is 9.24. The van der Waals surface area contributed by atoms with Gasteiger partial charge in [0.2, 0.25) is 0 Å². The summed E-state index contributed by atoms with van der Waals surface area (Å²) in [7, 11) is 0. The van der Waals surface area contributed by atoms with Crippen LogP contribution in [0.15, 0.2) is 30.3 Å². The molecule has 1 saturated heterocycles. The fourth-order valence-electron chi connectivity index (χ4n) is 3.61. The summed E-state index contributed by atoms with van der Waals surface area (Å²) in [5.41, 5.74) is 1.42. The number of hydrogen-bond donors (Lipinski definition) is 1. The van der Waals surface area contributed by atoms with Crippen molar-refractivity contribution in [3.05, 3.63) is 35.9 Å². The molecule has 3 heteroatoms. The van der Waals surface area contributed by atoms with Crippen LogP contribution in [0.25, 0.3) is 0 Å². The van der Waals surface area contributed by atoms with E-state index in [1.165, 1.54) is 50.9 Å². The molecule has 2 fully saturated rings. The number of benzene rings is 1. The van der Waals surface area contributed by atoms with E-state index in [-0.39, 0.29) is 0 Å². The highest BCUT2D eigenvalue weighted by molar-refractivity contribution is 5.14. The Kier molecular flexibility index (Phi) is 5.28. The number of likely N-dealkylation sites (tertiary alicyclic amines) is 1. The normalized spacial score (nSPS) is 23.6. The van der Waals surface area contributed by atoms with Crippen LogP contribution >= 0.6 is 0 Å². The van der Waals surface area contributed by atoms with Crippen LogP contribution < -0.4 is 0 Å². The molecule has 21 heavy (non-hydrogen) atoms. The predicted molar refractivity (Wildman–Crippen MR) is 86.1 cm³/mol. The molecular formula is C18H28N2O. The average molecular weight is 288 g/mol. The first-order chi connectivity index (χ1) is 10.3. The van der Waals surface area contributed by atoms with Crippen LogP contribution in [-0.4, -0.2) is 53.7 Å². The molecule has 2 aliphatic rings. The average Bonchev–Trinajstić information content (AvgIpc) is 3.33. The molecular weight excluding hydrogens is 260 g/mol. The summed E-state index contributed by atoms with van der Waals surface area (Å²) in [4.78, 5) is 5.13. The maximum Gasteiger partial charge on any atom is 0.0558 e. The van der Waals surface area contributed by atoms with E-state index < -0.39 is 0 Å². The standard InChI is InChI=1S/C18H28N2O/c21-12-11-20(18-8-9-18)15-17-7-4-10-19(14-17)13-16-5-2-1-3-6-16/h1-3,5-6,17-18,21H,4,7-15H2/t17-/m1/s1. The predicted octanol–water partition coefficient (Wildman–Crippen LogP) is 2.36. The summed E-state index contributed by atoms with van der Waals surface area (Å²) in [6.07, 6.45) is 5.33. The molecule has 0 amide bonds. The molecule has 116 valence electrons. The number of nitrogens with zero attached hydrogens (tertiary/aromatic N) is 2. The third-order valence-electron chi connectivity index (χ3n) is 4.80. The number of aliphatic hydroxyl groups excluding tert-OH is 1.